The Kier molecular flexibility index (Phi) is 3.82. The number of carbonyl (C=O) groups excluding carboxylic acids is 2. The van der Waals surface area contributed by atoms with Crippen molar-refractivity contribution in [3.8, 4) is 0 Å². The van der Waals surface area contributed by atoms with Crippen LogP contribution in [0.15, 0.2) is 18.3 Å². The van der Waals surface area contributed by atoms with Gasteiger partial charge in [-0.2, -0.15) is 0 Å². The molecule has 2 amide bonds. The normalized spacial score (nSPS) is 25.9. The van der Waals surface area contributed by atoms with E-state index in [2.05, 4.69) is 15.5 Å². The SMILES string of the molecule is COCCN1C(=O)[C@H]2CN(Cc3cccn3C)C[C@H]2C1=O. The van der Waals surface area contributed by atoms with Crippen LogP contribution in [0.1, 0.15) is 5.69 Å². The van der Waals surface area contributed by atoms with Crippen molar-refractivity contribution in [3.63, 3.8) is 0 Å². The maximum absolute atomic E-state index is 12.3. The molecule has 2 saturated heterocycles. The second kappa shape index (κ2) is 5.61. The maximum Gasteiger partial charge on any atom is 0.234 e. The zero-order chi connectivity index (χ0) is 15.0. The lowest BCUT2D eigenvalue weighted by atomic mass is 10.00. The van der Waals surface area contributed by atoms with E-state index in [9.17, 15) is 9.59 Å². The molecular weight excluding hydrogens is 270 g/mol. The minimum atomic E-state index is -0.172. The van der Waals surface area contributed by atoms with E-state index >= 15 is 0 Å². The molecule has 0 bridgehead atoms. The van der Waals surface area contributed by atoms with Crippen molar-refractivity contribution in [2.75, 3.05) is 33.4 Å². The van der Waals surface area contributed by atoms with Gasteiger partial charge in [-0.1, -0.05) is 0 Å². The third-order valence-electron chi connectivity index (χ3n) is 4.52. The number of ether oxygens (including phenoxy) is 1. The topological polar surface area (TPSA) is 54.8 Å². The number of hydrogen-bond acceptors (Lipinski definition) is 4. The van der Waals surface area contributed by atoms with E-state index in [-0.39, 0.29) is 23.7 Å². The van der Waals surface area contributed by atoms with Gasteiger partial charge in [0.2, 0.25) is 11.8 Å². The fourth-order valence-corrected chi connectivity index (χ4v) is 3.32. The molecule has 3 rings (SSSR count). The molecular formula is C15H21N3O3. The summed E-state index contributed by atoms with van der Waals surface area (Å²) >= 11 is 0. The fourth-order valence-electron chi connectivity index (χ4n) is 3.32. The van der Waals surface area contributed by atoms with Crippen LogP contribution in [0, 0.1) is 11.8 Å². The van der Waals surface area contributed by atoms with Crippen molar-refractivity contribution in [1.82, 2.24) is 14.4 Å². The number of hydrogen-bond donors (Lipinski definition) is 0. The largest absolute Gasteiger partial charge is 0.383 e. The van der Waals surface area contributed by atoms with Gasteiger partial charge in [-0.15, -0.1) is 0 Å². The van der Waals surface area contributed by atoms with Crippen LogP contribution in [-0.2, 0) is 27.9 Å². The molecule has 2 aliphatic rings. The highest BCUT2D eigenvalue weighted by atomic mass is 16.5. The Morgan fingerprint density at radius 3 is 2.43 bits per heavy atom. The monoisotopic (exact) mass is 291 g/mol. The first kappa shape index (κ1) is 14.3. The highest BCUT2D eigenvalue weighted by Crippen LogP contribution is 2.33. The lowest BCUT2D eigenvalue weighted by Crippen LogP contribution is -2.38. The number of carbonyl (C=O) groups is 2. The number of aryl methyl sites for hydroxylation is 1. The zero-order valence-corrected chi connectivity index (χ0v) is 12.5. The van der Waals surface area contributed by atoms with Crippen molar-refractivity contribution >= 4 is 11.8 Å². The van der Waals surface area contributed by atoms with Gasteiger partial charge in [-0.25, -0.2) is 0 Å². The molecule has 1 aromatic rings. The van der Waals surface area contributed by atoms with Gasteiger partial charge in [0.15, 0.2) is 0 Å². The molecule has 2 fully saturated rings. The summed E-state index contributed by atoms with van der Waals surface area (Å²) in [6.07, 6.45) is 2.01. The number of likely N-dealkylation sites (tertiary alicyclic amines) is 2. The van der Waals surface area contributed by atoms with Crippen LogP contribution in [0.2, 0.25) is 0 Å². The third kappa shape index (κ3) is 2.49. The van der Waals surface area contributed by atoms with Gasteiger partial charge < -0.3 is 9.30 Å². The molecule has 0 radical (unpaired) electrons. The first-order valence-electron chi connectivity index (χ1n) is 7.28. The summed E-state index contributed by atoms with van der Waals surface area (Å²) in [5.41, 5.74) is 1.20. The lowest BCUT2D eigenvalue weighted by molar-refractivity contribution is -0.141. The number of methoxy groups -OCH3 is 1. The molecule has 114 valence electrons. The molecule has 2 atom stereocenters. The number of fused-ring (bicyclic) bond motifs is 1. The van der Waals surface area contributed by atoms with Crippen LogP contribution in [0.4, 0.5) is 0 Å². The number of amides is 2. The first-order chi connectivity index (χ1) is 10.1. The predicted molar refractivity (Wildman–Crippen MR) is 76.3 cm³/mol. The van der Waals surface area contributed by atoms with Crippen molar-refractivity contribution in [3.05, 3.63) is 24.0 Å². The molecule has 0 aliphatic carbocycles. The molecule has 2 aliphatic heterocycles. The van der Waals surface area contributed by atoms with E-state index in [1.807, 2.05) is 19.3 Å². The van der Waals surface area contributed by atoms with Crippen LogP contribution in [0.5, 0.6) is 0 Å². The number of rotatable bonds is 5. The lowest BCUT2D eigenvalue weighted by Gasteiger charge is -2.20. The van der Waals surface area contributed by atoms with E-state index < -0.39 is 0 Å². The van der Waals surface area contributed by atoms with E-state index in [4.69, 9.17) is 4.74 Å². The summed E-state index contributed by atoms with van der Waals surface area (Å²) < 4.78 is 7.04. The molecule has 1 aromatic heterocycles. The molecule has 0 saturated carbocycles. The minimum Gasteiger partial charge on any atom is -0.383 e. The van der Waals surface area contributed by atoms with Crippen molar-refractivity contribution in [2.24, 2.45) is 18.9 Å². The average Bonchev–Trinajstić information content (AvgIpc) is 3.11. The second-order valence-electron chi connectivity index (χ2n) is 5.84. The molecule has 0 aromatic carbocycles. The maximum atomic E-state index is 12.3. The molecule has 6 heteroatoms. The van der Waals surface area contributed by atoms with Crippen LogP contribution in [0.25, 0.3) is 0 Å². The quantitative estimate of drug-likeness (QED) is 0.722. The Bertz CT molecular complexity index is 530. The summed E-state index contributed by atoms with van der Waals surface area (Å²) in [4.78, 5) is 28.2. The molecule has 0 N–H and O–H groups in total. The highest BCUT2D eigenvalue weighted by molar-refractivity contribution is 6.05. The Morgan fingerprint density at radius 1 is 1.24 bits per heavy atom. The summed E-state index contributed by atoms with van der Waals surface area (Å²) in [5.74, 6) is -0.405. The van der Waals surface area contributed by atoms with Crippen LogP contribution < -0.4 is 0 Å². The van der Waals surface area contributed by atoms with Gasteiger partial charge in [0.05, 0.1) is 25.0 Å². The average molecular weight is 291 g/mol. The first-order valence-corrected chi connectivity index (χ1v) is 7.28. The highest BCUT2D eigenvalue weighted by Gasteiger charge is 2.51. The molecule has 0 spiro atoms. The van der Waals surface area contributed by atoms with E-state index in [1.165, 1.54) is 10.6 Å². The Morgan fingerprint density at radius 2 is 1.90 bits per heavy atom. The van der Waals surface area contributed by atoms with Crippen LogP contribution in [-0.4, -0.2) is 59.5 Å². The van der Waals surface area contributed by atoms with E-state index in [0.29, 0.717) is 26.2 Å². The van der Waals surface area contributed by atoms with Crippen LogP contribution in [0.3, 0.4) is 0 Å². The van der Waals surface area contributed by atoms with Gasteiger partial charge in [0.25, 0.3) is 0 Å². The van der Waals surface area contributed by atoms with Crippen LogP contribution >= 0.6 is 0 Å². The Hall–Kier alpha value is -1.66. The third-order valence-corrected chi connectivity index (χ3v) is 4.52. The van der Waals surface area contributed by atoms with Gasteiger partial charge in [-0.05, 0) is 12.1 Å². The summed E-state index contributed by atoms with van der Waals surface area (Å²) in [5, 5.41) is 0. The fraction of sp³-hybridized carbons (Fsp3) is 0.600. The zero-order valence-electron chi connectivity index (χ0n) is 12.5. The number of aromatic nitrogens is 1. The Balaban J connectivity index is 1.65. The summed E-state index contributed by atoms with van der Waals surface area (Å²) in [6.45, 7) is 2.91. The van der Waals surface area contributed by atoms with E-state index in [1.54, 1.807) is 7.11 Å². The van der Waals surface area contributed by atoms with Crippen molar-refractivity contribution in [2.45, 2.75) is 6.54 Å². The smallest absolute Gasteiger partial charge is 0.234 e. The molecule has 6 nitrogen and oxygen atoms in total. The predicted octanol–water partition coefficient (Wildman–Crippen LogP) is 0.0883. The van der Waals surface area contributed by atoms with E-state index in [0.717, 1.165) is 6.54 Å². The van der Waals surface area contributed by atoms with Crippen molar-refractivity contribution in [1.29, 1.82) is 0 Å². The number of imide groups is 1. The minimum absolute atomic E-state index is 0.0311. The van der Waals surface area contributed by atoms with Gasteiger partial charge >= 0.3 is 0 Å². The summed E-state index contributed by atoms with van der Waals surface area (Å²) in [7, 11) is 3.59. The Labute approximate surface area is 124 Å². The number of nitrogens with zero attached hydrogens (tertiary/aromatic N) is 3. The van der Waals surface area contributed by atoms with Gasteiger partial charge in [-0.3, -0.25) is 19.4 Å². The summed E-state index contributed by atoms with van der Waals surface area (Å²) in [6, 6.07) is 4.08. The standard InChI is InChI=1S/C15H21N3O3/c1-16-5-3-4-11(16)8-17-9-12-13(10-17)15(20)18(14(12)19)6-7-21-2/h3-5,12-13H,6-10H2,1-2H3/t12-,13+. The van der Waals surface area contributed by atoms with Gasteiger partial charge in [0, 0.05) is 45.7 Å². The molecule has 3 heterocycles. The van der Waals surface area contributed by atoms with Gasteiger partial charge in [0.1, 0.15) is 0 Å². The van der Waals surface area contributed by atoms with Crippen molar-refractivity contribution < 1.29 is 14.3 Å². The molecule has 21 heavy (non-hydrogen) atoms. The molecule has 0 unspecified atom stereocenters. The second-order valence-corrected chi connectivity index (χ2v) is 5.84.